The van der Waals surface area contributed by atoms with Gasteiger partial charge in [-0.15, -0.1) is 23.1 Å². The van der Waals surface area contributed by atoms with Crippen LogP contribution in [-0.2, 0) is 24.0 Å². The Morgan fingerprint density at radius 2 is 2.18 bits per heavy atom. The number of oxime groups is 1. The molecule has 1 fully saturated rings. The van der Waals surface area contributed by atoms with E-state index in [2.05, 4.69) is 25.0 Å². The number of β-lactam (4-membered cyclic amide) rings is 1. The third-order valence-electron chi connectivity index (χ3n) is 3.52. The molecule has 12 nitrogen and oxygen atoms in total. The number of aromatic nitrogens is 1. The summed E-state index contributed by atoms with van der Waals surface area (Å²) in [6.45, 7) is -0.754. The van der Waals surface area contributed by atoms with Gasteiger partial charge in [0.1, 0.15) is 17.1 Å². The fourth-order valence-corrected chi connectivity index (χ4v) is 4.10. The van der Waals surface area contributed by atoms with E-state index in [1.807, 2.05) is 0 Å². The molecule has 1 aromatic heterocycles. The fraction of sp³-hybridized carbons (Fsp3) is 0.286. The Kier molecular flexibility index (Phi) is 5.79. The van der Waals surface area contributed by atoms with Crippen molar-refractivity contribution in [3.63, 3.8) is 0 Å². The Bertz CT molecular complexity index is 869. The molecule has 3 N–H and O–H groups in total. The Balaban J connectivity index is 1.71. The van der Waals surface area contributed by atoms with Crippen LogP contribution in [0.5, 0.6) is 0 Å². The average Bonchev–Trinajstić information content (AvgIpc) is 3.16. The van der Waals surface area contributed by atoms with Gasteiger partial charge in [-0.25, -0.2) is 14.6 Å². The first kappa shape index (κ1) is 19.6. The van der Waals surface area contributed by atoms with Crippen LogP contribution in [0.4, 0.5) is 4.79 Å². The predicted octanol–water partition coefficient (Wildman–Crippen LogP) is -0.116. The minimum atomic E-state index is -1.55. The molecule has 3 rings (SSSR count). The first-order valence-electron chi connectivity index (χ1n) is 7.55. The molecule has 1 aromatic rings. The van der Waals surface area contributed by atoms with Crippen LogP contribution < -0.4 is 5.32 Å². The van der Waals surface area contributed by atoms with E-state index >= 15 is 0 Å². The molecule has 2 aliphatic heterocycles. The molecule has 0 bridgehead atoms. The Morgan fingerprint density at radius 3 is 2.82 bits per heavy atom. The summed E-state index contributed by atoms with van der Waals surface area (Å²) in [5, 5.41) is 24.3. The number of fused-ring (bicyclic) bond motifs is 1. The van der Waals surface area contributed by atoms with Crippen LogP contribution in [0, 0.1) is 0 Å². The number of carbonyl (C=O) groups excluding carboxylic acids is 2. The lowest BCUT2D eigenvalue weighted by atomic mass is 10.1. The minimum absolute atomic E-state index is 0.107. The molecular formula is C14H12N4O8S2. The summed E-state index contributed by atoms with van der Waals surface area (Å²) in [6.07, 6.45) is -0.0987. The number of thioether (sulfide) groups is 1. The first-order valence-corrected chi connectivity index (χ1v) is 9.54. The van der Waals surface area contributed by atoms with Gasteiger partial charge in [0.25, 0.3) is 11.8 Å². The Morgan fingerprint density at radius 1 is 1.39 bits per heavy atom. The molecule has 0 saturated carbocycles. The standard InChI is InChI=1S/C14H12N4O8S2/c19-8(20)3-25-17-9(6-4-27-5-15-6)11(21)16-10-12(22)18-7(26-14(23)24)1-2-28-13(10)18/h1,4-5,10,13H,2-3H2,(H,16,21)(H,19,20)(H,23,24)/t10?,13-/m0/s1. The van der Waals surface area contributed by atoms with E-state index in [0.717, 1.165) is 4.90 Å². The number of carboxylic acids is 1. The average molecular weight is 428 g/mol. The van der Waals surface area contributed by atoms with Crippen LogP contribution in [0.2, 0.25) is 0 Å². The molecule has 148 valence electrons. The van der Waals surface area contributed by atoms with E-state index in [0.29, 0.717) is 5.75 Å². The highest BCUT2D eigenvalue weighted by molar-refractivity contribution is 8.00. The second-order valence-corrected chi connectivity index (χ2v) is 7.14. The lowest BCUT2D eigenvalue weighted by Gasteiger charge is -2.47. The maximum Gasteiger partial charge on any atom is 0.512 e. The van der Waals surface area contributed by atoms with Crippen molar-refractivity contribution < 1.29 is 39.0 Å². The van der Waals surface area contributed by atoms with Gasteiger partial charge >= 0.3 is 12.1 Å². The molecule has 28 heavy (non-hydrogen) atoms. The van der Waals surface area contributed by atoms with Crippen LogP contribution in [0.15, 0.2) is 28.0 Å². The number of ether oxygens (including phenoxy) is 1. The summed E-state index contributed by atoms with van der Waals surface area (Å²) >= 11 is 2.49. The molecule has 2 aliphatic rings. The predicted molar refractivity (Wildman–Crippen MR) is 94.5 cm³/mol. The van der Waals surface area contributed by atoms with Gasteiger partial charge in [0.2, 0.25) is 12.5 Å². The zero-order valence-corrected chi connectivity index (χ0v) is 15.4. The molecule has 1 unspecified atom stereocenters. The van der Waals surface area contributed by atoms with Gasteiger partial charge < -0.3 is 25.1 Å². The van der Waals surface area contributed by atoms with Crippen molar-refractivity contribution in [3.8, 4) is 0 Å². The molecule has 0 spiro atoms. The summed E-state index contributed by atoms with van der Waals surface area (Å²) < 4.78 is 4.58. The van der Waals surface area contributed by atoms with Crippen LogP contribution in [0.1, 0.15) is 5.69 Å². The number of carbonyl (C=O) groups is 4. The number of carboxylic acid groups (broad SMARTS) is 2. The van der Waals surface area contributed by atoms with E-state index in [-0.39, 0.29) is 17.3 Å². The third-order valence-corrected chi connectivity index (χ3v) is 5.29. The van der Waals surface area contributed by atoms with Crippen molar-refractivity contribution in [1.29, 1.82) is 0 Å². The number of rotatable bonds is 7. The number of nitrogens with zero attached hydrogens (tertiary/aromatic N) is 3. The van der Waals surface area contributed by atoms with Crippen LogP contribution >= 0.6 is 23.1 Å². The normalized spacial score (nSPS) is 21.1. The molecule has 14 heteroatoms. The summed E-state index contributed by atoms with van der Waals surface area (Å²) in [5.74, 6) is -2.33. The summed E-state index contributed by atoms with van der Waals surface area (Å²) in [4.78, 5) is 55.9. The van der Waals surface area contributed by atoms with Gasteiger partial charge in [-0.3, -0.25) is 14.5 Å². The zero-order chi connectivity index (χ0) is 20.3. The topological polar surface area (TPSA) is 168 Å². The lowest BCUT2D eigenvalue weighted by molar-refractivity contribution is -0.148. The highest BCUT2D eigenvalue weighted by Crippen LogP contribution is 2.37. The van der Waals surface area contributed by atoms with Crippen LogP contribution in [-0.4, -0.2) is 73.5 Å². The van der Waals surface area contributed by atoms with E-state index < -0.39 is 42.0 Å². The van der Waals surface area contributed by atoms with E-state index in [9.17, 15) is 19.2 Å². The van der Waals surface area contributed by atoms with Gasteiger partial charge in [-0.1, -0.05) is 5.16 Å². The monoisotopic (exact) mass is 428 g/mol. The number of thiazole rings is 1. The fourth-order valence-electron chi connectivity index (χ4n) is 2.39. The molecule has 1 saturated heterocycles. The smallest absolute Gasteiger partial charge is 0.479 e. The van der Waals surface area contributed by atoms with Gasteiger partial charge in [0.15, 0.2) is 5.71 Å². The largest absolute Gasteiger partial charge is 0.512 e. The van der Waals surface area contributed by atoms with Crippen LogP contribution in [0.25, 0.3) is 0 Å². The third kappa shape index (κ3) is 4.07. The van der Waals surface area contributed by atoms with Crippen molar-refractivity contribution in [2.24, 2.45) is 5.16 Å². The van der Waals surface area contributed by atoms with Crippen molar-refractivity contribution in [3.05, 3.63) is 28.5 Å². The SMILES string of the molecule is O=C(O)CON=C(C(=O)NC1C(=O)N2C(OC(=O)O)=CCS[C@@H]12)c1cscn1. The lowest BCUT2D eigenvalue weighted by Crippen LogP contribution is -2.70. The van der Waals surface area contributed by atoms with Crippen molar-refractivity contribution in [1.82, 2.24) is 15.2 Å². The molecule has 2 amide bonds. The molecule has 0 aliphatic carbocycles. The Hall–Kier alpha value is -3.13. The van der Waals surface area contributed by atoms with Gasteiger partial charge in [0.05, 0.1) is 5.51 Å². The van der Waals surface area contributed by atoms with E-state index in [1.54, 1.807) is 0 Å². The number of amides is 2. The summed E-state index contributed by atoms with van der Waals surface area (Å²) in [7, 11) is 0. The minimum Gasteiger partial charge on any atom is -0.479 e. The number of nitrogens with one attached hydrogen (secondary N) is 1. The van der Waals surface area contributed by atoms with Crippen LogP contribution in [0.3, 0.4) is 0 Å². The molecule has 2 atom stereocenters. The zero-order valence-electron chi connectivity index (χ0n) is 13.8. The Labute approximate surface area is 164 Å². The molecule has 0 aromatic carbocycles. The summed E-state index contributed by atoms with van der Waals surface area (Å²) in [6, 6.07) is -0.943. The van der Waals surface area contributed by atoms with Gasteiger partial charge in [-0.2, -0.15) is 0 Å². The number of hydrogen-bond acceptors (Lipinski definition) is 10. The molecular weight excluding hydrogens is 416 g/mol. The number of hydrogen-bond donors (Lipinski definition) is 3. The van der Waals surface area contributed by atoms with E-state index in [1.165, 1.54) is 40.1 Å². The summed E-state index contributed by atoms with van der Waals surface area (Å²) in [5.41, 5.74) is 1.32. The maximum absolute atomic E-state index is 12.6. The molecule has 0 radical (unpaired) electrons. The van der Waals surface area contributed by atoms with Crippen molar-refractivity contribution in [2.75, 3.05) is 12.4 Å². The maximum atomic E-state index is 12.6. The van der Waals surface area contributed by atoms with Gasteiger partial charge in [0, 0.05) is 11.1 Å². The van der Waals surface area contributed by atoms with E-state index in [4.69, 9.17) is 10.2 Å². The van der Waals surface area contributed by atoms with Gasteiger partial charge in [-0.05, 0) is 6.08 Å². The quantitative estimate of drug-likeness (QED) is 0.230. The number of aliphatic carboxylic acids is 1. The highest BCUT2D eigenvalue weighted by Gasteiger charge is 2.53. The van der Waals surface area contributed by atoms with Crippen molar-refractivity contribution in [2.45, 2.75) is 11.4 Å². The first-order chi connectivity index (χ1) is 13.4. The highest BCUT2D eigenvalue weighted by atomic mass is 32.2. The second kappa shape index (κ2) is 8.26. The van der Waals surface area contributed by atoms with Crippen molar-refractivity contribution >= 4 is 52.7 Å². The molecule has 3 heterocycles. The second-order valence-electron chi connectivity index (χ2n) is 5.27.